The van der Waals surface area contributed by atoms with E-state index in [1.54, 1.807) is 12.1 Å². The van der Waals surface area contributed by atoms with Crippen LogP contribution in [-0.4, -0.2) is 17.7 Å². The lowest BCUT2D eigenvalue weighted by atomic mass is 9.67. The van der Waals surface area contributed by atoms with Gasteiger partial charge >= 0.3 is 0 Å². The molecule has 0 aromatic heterocycles. The number of ether oxygens (including phenoxy) is 1. The molecular weight excluding hydrogens is 228 g/mol. The maximum Gasteiger partial charge on any atom is 0.229 e. The summed E-state index contributed by atoms with van der Waals surface area (Å²) in [6.07, 6.45) is -0.299. The van der Waals surface area contributed by atoms with Crippen LogP contribution in [0.1, 0.15) is 42.8 Å². The highest BCUT2D eigenvalue weighted by Crippen LogP contribution is 2.53. The summed E-state index contributed by atoms with van der Waals surface area (Å²) in [6, 6.07) is 7.28. The Morgan fingerprint density at radius 2 is 1.83 bits per heavy atom. The van der Waals surface area contributed by atoms with Crippen molar-refractivity contribution in [3.8, 4) is 0 Å². The van der Waals surface area contributed by atoms with Gasteiger partial charge < -0.3 is 4.74 Å². The Balaban J connectivity index is 2.20. The highest BCUT2D eigenvalue weighted by atomic mass is 16.5. The van der Waals surface area contributed by atoms with E-state index in [1.807, 2.05) is 32.9 Å². The van der Waals surface area contributed by atoms with Gasteiger partial charge in [-0.3, -0.25) is 9.59 Å². The number of carbonyl (C=O) groups excluding carboxylic acids is 2. The molecule has 0 saturated carbocycles. The zero-order chi connectivity index (χ0) is 13.1. The maximum atomic E-state index is 12.3. The van der Waals surface area contributed by atoms with Crippen molar-refractivity contribution in [1.82, 2.24) is 0 Å². The van der Waals surface area contributed by atoms with Crippen molar-refractivity contribution in [1.29, 1.82) is 0 Å². The minimum Gasteiger partial charge on any atom is -0.369 e. The first-order valence-electron chi connectivity index (χ1n) is 6.27. The van der Waals surface area contributed by atoms with Crippen molar-refractivity contribution in [2.45, 2.75) is 33.0 Å². The van der Waals surface area contributed by atoms with E-state index in [-0.39, 0.29) is 35.1 Å². The van der Waals surface area contributed by atoms with Crippen molar-refractivity contribution in [2.75, 3.05) is 0 Å². The van der Waals surface area contributed by atoms with Gasteiger partial charge in [0.2, 0.25) is 11.6 Å². The minimum atomic E-state index is -0.363. The van der Waals surface area contributed by atoms with Crippen molar-refractivity contribution in [3.05, 3.63) is 35.4 Å². The lowest BCUT2D eigenvalue weighted by Gasteiger charge is -2.31. The average Bonchev–Trinajstić information content (AvgIpc) is 2.58. The summed E-state index contributed by atoms with van der Waals surface area (Å²) in [5.74, 6) is -1.01. The molecule has 0 radical (unpaired) electrons. The van der Waals surface area contributed by atoms with Crippen LogP contribution < -0.4 is 0 Å². The summed E-state index contributed by atoms with van der Waals surface area (Å²) in [7, 11) is 0. The van der Waals surface area contributed by atoms with E-state index < -0.39 is 0 Å². The molecule has 18 heavy (non-hydrogen) atoms. The third kappa shape index (κ3) is 1.28. The second-order valence-corrected chi connectivity index (χ2v) is 5.78. The first-order chi connectivity index (χ1) is 8.44. The first-order valence-corrected chi connectivity index (χ1v) is 6.27. The molecule has 3 rings (SSSR count). The molecule has 1 aliphatic carbocycles. The SMILES string of the molecule is C[C@@H]1O[C@H]2c3ccccc3C(=O)C(=O)[C@H]2C1(C)C. The van der Waals surface area contributed by atoms with Gasteiger partial charge in [-0.15, -0.1) is 0 Å². The summed E-state index contributed by atoms with van der Waals surface area (Å²) < 4.78 is 5.95. The zero-order valence-corrected chi connectivity index (χ0v) is 10.8. The summed E-state index contributed by atoms with van der Waals surface area (Å²) >= 11 is 0. The smallest absolute Gasteiger partial charge is 0.229 e. The fourth-order valence-electron chi connectivity index (χ4n) is 3.07. The molecule has 1 fully saturated rings. The molecule has 0 spiro atoms. The molecule has 0 unspecified atom stereocenters. The van der Waals surface area contributed by atoms with Crippen molar-refractivity contribution in [2.24, 2.45) is 11.3 Å². The van der Waals surface area contributed by atoms with Crippen LogP contribution in [0.5, 0.6) is 0 Å². The molecule has 1 heterocycles. The molecule has 1 aliphatic heterocycles. The average molecular weight is 244 g/mol. The van der Waals surface area contributed by atoms with Crippen molar-refractivity contribution in [3.63, 3.8) is 0 Å². The van der Waals surface area contributed by atoms with Crippen LogP contribution in [0.2, 0.25) is 0 Å². The summed E-state index contributed by atoms with van der Waals surface area (Å²) in [5.41, 5.74) is 1.07. The standard InChI is InChI=1S/C15H16O3/c1-8-15(2,3)11-13(17)12(16)9-6-4-5-7-10(9)14(11)18-8/h4-8,11,14H,1-3H3/t8-,11+,14-/m0/s1. The third-order valence-electron chi connectivity index (χ3n) is 4.52. The number of fused-ring (bicyclic) bond motifs is 3. The van der Waals surface area contributed by atoms with Crippen LogP contribution >= 0.6 is 0 Å². The Morgan fingerprint density at radius 1 is 1.17 bits per heavy atom. The van der Waals surface area contributed by atoms with E-state index in [1.165, 1.54) is 0 Å². The summed E-state index contributed by atoms with van der Waals surface area (Å²) in [5, 5.41) is 0. The lowest BCUT2D eigenvalue weighted by molar-refractivity contribution is -0.123. The second-order valence-electron chi connectivity index (χ2n) is 5.78. The van der Waals surface area contributed by atoms with Crippen molar-refractivity contribution >= 4 is 11.6 Å². The Bertz CT molecular complexity index is 544. The third-order valence-corrected chi connectivity index (χ3v) is 4.52. The van der Waals surface area contributed by atoms with Gasteiger partial charge in [-0.2, -0.15) is 0 Å². The number of hydrogen-bond donors (Lipinski definition) is 0. The quantitative estimate of drug-likeness (QED) is 0.659. The highest BCUT2D eigenvalue weighted by Gasteiger charge is 2.56. The minimum absolute atomic E-state index is 0.0320. The van der Waals surface area contributed by atoms with Gasteiger partial charge in [0.15, 0.2) is 0 Å². The zero-order valence-electron chi connectivity index (χ0n) is 10.8. The molecule has 0 bridgehead atoms. The van der Waals surface area contributed by atoms with Crippen LogP contribution in [0, 0.1) is 11.3 Å². The van der Waals surface area contributed by atoms with E-state index in [0.29, 0.717) is 5.56 Å². The van der Waals surface area contributed by atoms with Gasteiger partial charge in [-0.25, -0.2) is 0 Å². The number of rotatable bonds is 0. The van der Waals surface area contributed by atoms with Gasteiger partial charge in [0.25, 0.3) is 0 Å². The van der Waals surface area contributed by atoms with E-state index >= 15 is 0 Å². The lowest BCUT2D eigenvalue weighted by Crippen LogP contribution is -2.40. The van der Waals surface area contributed by atoms with Crippen LogP contribution in [0.4, 0.5) is 0 Å². The maximum absolute atomic E-state index is 12.3. The van der Waals surface area contributed by atoms with Crippen molar-refractivity contribution < 1.29 is 14.3 Å². The van der Waals surface area contributed by atoms with Gasteiger partial charge in [0.1, 0.15) is 0 Å². The molecule has 3 atom stereocenters. The number of benzene rings is 1. The number of ketones is 2. The monoisotopic (exact) mass is 244 g/mol. The Kier molecular flexibility index (Phi) is 2.26. The van der Waals surface area contributed by atoms with Gasteiger partial charge in [0, 0.05) is 11.0 Å². The molecule has 94 valence electrons. The Morgan fingerprint density at radius 3 is 2.56 bits per heavy atom. The van der Waals surface area contributed by atoms with Crippen LogP contribution in [0.3, 0.4) is 0 Å². The largest absolute Gasteiger partial charge is 0.369 e. The van der Waals surface area contributed by atoms with Crippen LogP contribution in [-0.2, 0) is 9.53 Å². The van der Waals surface area contributed by atoms with E-state index in [4.69, 9.17) is 4.74 Å². The Labute approximate surface area is 106 Å². The summed E-state index contributed by atoms with van der Waals surface area (Å²) in [6.45, 7) is 5.97. The molecule has 1 aromatic carbocycles. The second kappa shape index (κ2) is 3.51. The molecule has 0 N–H and O–H groups in total. The molecule has 2 aliphatic rings. The Hall–Kier alpha value is -1.48. The molecular formula is C15H16O3. The van der Waals surface area contributed by atoms with Gasteiger partial charge in [-0.1, -0.05) is 38.1 Å². The molecule has 0 amide bonds. The van der Waals surface area contributed by atoms with Crippen LogP contribution in [0.25, 0.3) is 0 Å². The topological polar surface area (TPSA) is 43.4 Å². The molecule has 1 aromatic rings. The fourth-order valence-corrected chi connectivity index (χ4v) is 3.07. The normalized spacial score (nSPS) is 33.2. The van der Waals surface area contributed by atoms with E-state index in [2.05, 4.69) is 0 Å². The first kappa shape index (κ1) is 11.6. The predicted molar refractivity (Wildman–Crippen MR) is 66.3 cm³/mol. The van der Waals surface area contributed by atoms with Gasteiger partial charge in [0.05, 0.1) is 18.1 Å². The van der Waals surface area contributed by atoms with E-state index in [0.717, 1.165) is 5.56 Å². The number of Topliss-reactive ketones (excluding diaryl/α,β-unsaturated/α-hetero) is 2. The van der Waals surface area contributed by atoms with E-state index in [9.17, 15) is 9.59 Å². The number of carbonyl (C=O) groups is 2. The van der Waals surface area contributed by atoms with Gasteiger partial charge in [-0.05, 0) is 12.5 Å². The summed E-state index contributed by atoms with van der Waals surface area (Å²) in [4.78, 5) is 24.4. The molecule has 3 heteroatoms. The predicted octanol–water partition coefficient (Wildman–Crippen LogP) is 2.55. The fraction of sp³-hybridized carbons (Fsp3) is 0.467. The molecule has 3 nitrogen and oxygen atoms in total. The van der Waals surface area contributed by atoms with Crippen LogP contribution in [0.15, 0.2) is 24.3 Å². The molecule has 1 saturated heterocycles. The highest BCUT2D eigenvalue weighted by molar-refractivity contribution is 6.46. The number of hydrogen-bond acceptors (Lipinski definition) is 3.